The van der Waals surface area contributed by atoms with Crippen molar-refractivity contribution < 1.29 is 18.8 Å². The lowest BCUT2D eigenvalue weighted by molar-refractivity contribution is -0.389. The third kappa shape index (κ3) is 3.77. The molecule has 4 rings (SSSR count). The van der Waals surface area contributed by atoms with E-state index in [2.05, 4.69) is 9.97 Å². The number of ether oxygens (including phenoxy) is 2. The first-order chi connectivity index (χ1) is 13.1. The number of nitro groups is 1. The van der Waals surface area contributed by atoms with Crippen molar-refractivity contribution in [2.24, 2.45) is 0 Å². The van der Waals surface area contributed by atoms with Gasteiger partial charge < -0.3 is 19.6 Å². The van der Waals surface area contributed by atoms with Crippen LogP contribution in [0, 0.1) is 15.9 Å². The fourth-order valence-electron chi connectivity index (χ4n) is 2.80. The molecular weight excluding hydrogens is 355 g/mol. The van der Waals surface area contributed by atoms with Crippen LogP contribution < -0.4 is 4.74 Å². The van der Waals surface area contributed by atoms with Gasteiger partial charge in [0.15, 0.2) is 0 Å². The molecule has 0 bridgehead atoms. The zero-order valence-electron chi connectivity index (χ0n) is 14.1. The number of halogens is 1. The molecule has 0 saturated heterocycles. The number of hydrogen-bond acceptors (Lipinski definition) is 6. The summed E-state index contributed by atoms with van der Waals surface area (Å²) in [5.74, 6) is -0.547. The summed E-state index contributed by atoms with van der Waals surface area (Å²) in [6.45, 7) is 0.925. The molecule has 3 aromatic rings. The molecule has 0 spiro atoms. The van der Waals surface area contributed by atoms with Crippen molar-refractivity contribution in [2.75, 3.05) is 6.61 Å². The van der Waals surface area contributed by atoms with E-state index >= 15 is 0 Å². The summed E-state index contributed by atoms with van der Waals surface area (Å²) in [6, 6.07) is 11.9. The van der Waals surface area contributed by atoms with Crippen LogP contribution in [0.2, 0.25) is 0 Å². The van der Waals surface area contributed by atoms with Gasteiger partial charge in [0.25, 0.3) is 0 Å². The summed E-state index contributed by atoms with van der Waals surface area (Å²) >= 11 is 0. The monoisotopic (exact) mass is 370 g/mol. The summed E-state index contributed by atoms with van der Waals surface area (Å²) in [6.07, 6.45) is 1.06. The van der Waals surface area contributed by atoms with Crippen LogP contribution in [-0.4, -0.2) is 32.2 Å². The predicted molar refractivity (Wildman–Crippen MR) is 92.6 cm³/mol. The SMILES string of the molecule is O=[N+]([O-])c1cn2c(n1)OC[C@@H](OCc1cccc(-c3ccc(F)cc3)n1)C2. The fourth-order valence-corrected chi connectivity index (χ4v) is 2.80. The fraction of sp³-hybridized carbons (Fsp3) is 0.222. The van der Waals surface area contributed by atoms with Crippen LogP contribution in [0.15, 0.2) is 48.7 Å². The number of fused-ring (bicyclic) bond motifs is 1. The minimum Gasteiger partial charge on any atom is -0.443 e. The molecule has 9 heteroatoms. The molecule has 0 fully saturated rings. The van der Waals surface area contributed by atoms with Gasteiger partial charge in [0.1, 0.15) is 24.7 Å². The Kier molecular flexibility index (Phi) is 4.51. The van der Waals surface area contributed by atoms with Crippen molar-refractivity contribution in [1.82, 2.24) is 14.5 Å². The Labute approximate surface area is 153 Å². The second-order valence-corrected chi connectivity index (χ2v) is 6.06. The highest BCUT2D eigenvalue weighted by Gasteiger charge is 2.28. The molecule has 1 atom stereocenters. The maximum Gasteiger partial charge on any atom is 0.414 e. The lowest BCUT2D eigenvalue weighted by Crippen LogP contribution is -2.32. The van der Waals surface area contributed by atoms with Crippen LogP contribution in [0.1, 0.15) is 5.69 Å². The number of benzene rings is 1. The summed E-state index contributed by atoms with van der Waals surface area (Å²) in [4.78, 5) is 18.6. The highest BCUT2D eigenvalue weighted by molar-refractivity contribution is 5.58. The Morgan fingerprint density at radius 3 is 2.85 bits per heavy atom. The van der Waals surface area contributed by atoms with Crippen molar-refractivity contribution in [2.45, 2.75) is 19.3 Å². The summed E-state index contributed by atoms with van der Waals surface area (Å²) < 4.78 is 25.9. The first-order valence-electron chi connectivity index (χ1n) is 8.26. The molecule has 0 saturated carbocycles. The Morgan fingerprint density at radius 1 is 1.26 bits per heavy atom. The van der Waals surface area contributed by atoms with E-state index in [1.165, 1.54) is 18.3 Å². The number of rotatable bonds is 5. The number of pyridine rings is 1. The molecule has 2 aromatic heterocycles. The summed E-state index contributed by atoms with van der Waals surface area (Å²) in [7, 11) is 0. The molecule has 0 N–H and O–H groups in total. The lowest BCUT2D eigenvalue weighted by atomic mass is 10.1. The third-order valence-corrected chi connectivity index (χ3v) is 4.13. The first-order valence-corrected chi connectivity index (χ1v) is 8.26. The number of nitrogens with zero attached hydrogens (tertiary/aromatic N) is 4. The van der Waals surface area contributed by atoms with Gasteiger partial charge in [-0.2, -0.15) is 0 Å². The van der Waals surface area contributed by atoms with Gasteiger partial charge in [-0.05, 0) is 41.3 Å². The summed E-state index contributed by atoms with van der Waals surface area (Å²) in [5.41, 5.74) is 2.26. The molecule has 138 valence electrons. The van der Waals surface area contributed by atoms with Crippen LogP contribution in [0.3, 0.4) is 0 Å². The van der Waals surface area contributed by atoms with Crippen molar-refractivity contribution in [1.29, 1.82) is 0 Å². The highest BCUT2D eigenvalue weighted by Crippen LogP contribution is 2.23. The number of imidazole rings is 1. The topological polar surface area (TPSA) is 92.3 Å². The molecular formula is C18H15FN4O4. The number of hydrogen-bond donors (Lipinski definition) is 0. The molecule has 0 radical (unpaired) electrons. The van der Waals surface area contributed by atoms with Gasteiger partial charge >= 0.3 is 11.8 Å². The van der Waals surface area contributed by atoms with Gasteiger partial charge in [0, 0.05) is 10.5 Å². The minimum absolute atomic E-state index is 0.220. The zero-order chi connectivity index (χ0) is 18.8. The molecule has 0 aliphatic carbocycles. The maximum absolute atomic E-state index is 13.1. The Hall–Kier alpha value is -3.33. The quantitative estimate of drug-likeness (QED) is 0.506. The van der Waals surface area contributed by atoms with Crippen molar-refractivity contribution in [3.63, 3.8) is 0 Å². The van der Waals surface area contributed by atoms with E-state index in [9.17, 15) is 14.5 Å². The Balaban J connectivity index is 1.41. The first kappa shape index (κ1) is 17.1. The molecule has 0 unspecified atom stereocenters. The van der Waals surface area contributed by atoms with Gasteiger partial charge in [-0.3, -0.25) is 9.55 Å². The van der Waals surface area contributed by atoms with Crippen molar-refractivity contribution in [3.8, 4) is 17.3 Å². The Bertz CT molecular complexity index is 974. The van der Waals surface area contributed by atoms with E-state index in [0.717, 1.165) is 17.0 Å². The second-order valence-electron chi connectivity index (χ2n) is 6.06. The minimum atomic E-state index is -0.560. The predicted octanol–water partition coefficient (Wildman–Crippen LogP) is 2.97. The van der Waals surface area contributed by atoms with E-state index in [4.69, 9.17) is 9.47 Å². The second kappa shape index (κ2) is 7.12. The highest BCUT2D eigenvalue weighted by atomic mass is 19.1. The average molecular weight is 370 g/mol. The van der Waals surface area contributed by atoms with Crippen LogP contribution >= 0.6 is 0 Å². The smallest absolute Gasteiger partial charge is 0.414 e. The average Bonchev–Trinajstić information content (AvgIpc) is 3.11. The Morgan fingerprint density at radius 2 is 2.07 bits per heavy atom. The van der Waals surface area contributed by atoms with E-state index in [1.54, 1.807) is 16.7 Å². The van der Waals surface area contributed by atoms with E-state index in [-0.39, 0.29) is 37.0 Å². The van der Waals surface area contributed by atoms with Crippen LogP contribution in [0.5, 0.6) is 6.01 Å². The third-order valence-electron chi connectivity index (χ3n) is 4.13. The molecule has 0 amide bonds. The van der Waals surface area contributed by atoms with Crippen LogP contribution in [0.25, 0.3) is 11.3 Å². The van der Waals surface area contributed by atoms with E-state index in [1.807, 2.05) is 18.2 Å². The van der Waals surface area contributed by atoms with E-state index < -0.39 is 4.92 Å². The largest absolute Gasteiger partial charge is 0.443 e. The molecule has 1 aliphatic heterocycles. The van der Waals surface area contributed by atoms with Crippen molar-refractivity contribution in [3.05, 3.63) is 70.3 Å². The summed E-state index contributed by atoms with van der Waals surface area (Å²) in [5, 5.41) is 10.8. The number of aromatic nitrogens is 3. The maximum atomic E-state index is 13.1. The molecule has 1 aliphatic rings. The molecule has 27 heavy (non-hydrogen) atoms. The van der Waals surface area contributed by atoms with E-state index in [0.29, 0.717) is 6.54 Å². The van der Waals surface area contributed by atoms with Gasteiger partial charge in [-0.15, -0.1) is 0 Å². The molecule has 3 heterocycles. The van der Waals surface area contributed by atoms with Gasteiger partial charge in [0.05, 0.1) is 24.5 Å². The zero-order valence-corrected chi connectivity index (χ0v) is 14.1. The van der Waals surface area contributed by atoms with Gasteiger partial charge in [-0.25, -0.2) is 4.39 Å². The normalized spacial score (nSPS) is 15.8. The lowest BCUT2D eigenvalue weighted by Gasteiger charge is -2.22. The molecule has 1 aromatic carbocycles. The van der Waals surface area contributed by atoms with Crippen LogP contribution in [-0.2, 0) is 17.9 Å². The van der Waals surface area contributed by atoms with Crippen molar-refractivity contribution >= 4 is 5.82 Å². The molecule has 8 nitrogen and oxygen atoms in total. The standard InChI is InChI=1S/C18H15FN4O4/c19-13-6-4-12(5-7-13)16-3-1-2-14(20-16)10-26-15-8-22-9-17(23(24)25)21-18(22)27-11-15/h1-7,9,15H,8,10-11H2/t15-/m0/s1. The van der Waals surface area contributed by atoms with Gasteiger partial charge in [-0.1, -0.05) is 6.07 Å². The van der Waals surface area contributed by atoms with Gasteiger partial charge in [0.2, 0.25) is 0 Å². The van der Waals surface area contributed by atoms with Crippen LogP contribution in [0.4, 0.5) is 10.2 Å².